The van der Waals surface area contributed by atoms with E-state index in [-0.39, 0.29) is 11.3 Å². The summed E-state index contributed by atoms with van der Waals surface area (Å²) in [6.45, 7) is 2.08. The molecule has 1 heterocycles. The van der Waals surface area contributed by atoms with Crippen LogP contribution in [-0.4, -0.2) is 28.5 Å². The molecule has 0 unspecified atom stereocenters. The number of aromatic nitrogens is 1. The molecular formula is C15H13FN2O3. The number of aromatic carboxylic acids is 1. The van der Waals surface area contributed by atoms with Crippen LogP contribution >= 0.6 is 0 Å². The standard InChI is InChI=1S/C15H13FN2O3/c1-2-18(12-5-3-4-11(16)9-12)14(19)10-6-7-17-13(8-10)15(20)21/h3-9H,2H2,1H3,(H,20,21). The van der Waals surface area contributed by atoms with Gasteiger partial charge in [-0.05, 0) is 37.3 Å². The highest BCUT2D eigenvalue weighted by Gasteiger charge is 2.18. The maximum absolute atomic E-state index is 13.3. The van der Waals surface area contributed by atoms with Crippen molar-refractivity contribution in [2.75, 3.05) is 11.4 Å². The zero-order chi connectivity index (χ0) is 15.4. The molecule has 0 aliphatic heterocycles. The summed E-state index contributed by atoms with van der Waals surface area (Å²) < 4.78 is 13.3. The van der Waals surface area contributed by atoms with Crippen LogP contribution in [0.4, 0.5) is 10.1 Å². The average Bonchev–Trinajstić information content (AvgIpc) is 2.48. The van der Waals surface area contributed by atoms with Crippen LogP contribution in [0.25, 0.3) is 0 Å². The predicted octanol–water partition coefficient (Wildman–Crippen LogP) is 2.59. The van der Waals surface area contributed by atoms with Crippen LogP contribution in [0.2, 0.25) is 0 Å². The Kier molecular flexibility index (Phi) is 4.27. The van der Waals surface area contributed by atoms with Gasteiger partial charge in [-0.3, -0.25) is 4.79 Å². The third-order valence-corrected chi connectivity index (χ3v) is 2.91. The van der Waals surface area contributed by atoms with Crippen LogP contribution in [0.1, 0.15) is 27.8 Å². The second-order valence-corrected chi connectivity index (χ2v) is 4.26. The maximum Gasteiger partial charge on any atom is 0.354 e. The Balaban J connectivity index is 2.36. The molecule has 1 aromatic carbocycles. The fourth-order valence-electron chi connectivity index (χ4n) is 1.92. The Hall–Kier alpha value is -2.76. The highest BCUT2D eigenvalue weighted by molar-refractivity contribution is 6.06. The fourth-order valence-corrected chi connectivity index (χ4v) is 1.92. The highest BCUT2D eigenvalue weighted by atomic mass is 19.1. The molecule has 2 aromatic rings. The van der Waals surface area contributed by atoms with Crippen molar-refractivity contribution in [1.29, 1.82) is 0 Å². The van der Waals surface area contributed by atoms with Gasteiger partial charge < -0.3 is 10.0 Å². The summed E-state index contributed by atoms with van der Waals surface area (Å²) >= 11 is 0. The SMILES string of the molecule is CCN(C(=O)c1ccnc(C(=O)O)c1)c1cccc(F)c1. The number of pyridine rings is 1. The number of carboxylic acids is 1. The lowest BCUT2D eigenvalue weighted by molar-refractivity contribution is 0.0690. The van der Waals surface area contributed by atoms with E-state index in [2.05, 4.69) is 4.98 Å². The second kappa shape index (κ2) is 6.13. The van der Waals surface area contributed by atoms with E-state index in [9.17, 15) is 14.0 Å². The average molecular weight is 288 g/mol. The second-order valence-electron chi connectivity index (χ2n) is 4.26. The minimum absolute atomic E-state index is 0.188. The first-order valence-corrected chi connectivity index (χ1v) is 6.29. The molecule has 21 heavy (non-hydrogen) atoms. The number of benzene rings is 1. The topological polar surface area (TPSA) is 70.5 Å². The highest BCUT2D eigenvalue weighted by Crippen LogP contribution is 2.18. The lowest BCUT2D eigenvalue weighted by Gasteiger charge is -2.21. The lowest BCUT2D eigenvalue weighted by Crippen LogP contribution is -2.30. The summed E-state index contributed by atoms with van der Waals surface area (Å²) in [5.74, 6) is -2.06. The molecule has 6 heteroatoms. The lowest BCUT2D eigenvalue weighted by atomic mass is 10.2. The number of halogens is 1. The summed E-state index contributed by atoms with van der Waals surface area (Å²) in [4.78, 5) is 28.4. The molecule has 0 saturated heterocycles. The minimum Gasteiger partial charge on any atom is -0.477 e. The van der Waals surface area contributed by atoms with Gasteiger partial charge >= 0.3 is 5.97 Å². The molecule has 108 valence electrons. The summed E-state index contributed by atoms with van der Waals surface area (Å²) in [5, 5.41) is 8.90. The van der Waals surface area contributed by atoms with Crippen LogP contribution in [-0.2, 0) is 0 Å². The summed E-state index contributed by atoms with van der Waals surface area (Å²) in [5.41, 5.74) is 0.390. The van der Waals surface area contributed by atoms with E-state index in [1.54, 1.807) is 13.0 Å². The zero-order valence-corrected chi connectivity index (χ0v) is 11.3. The number of hydrogen-bond acceptors (Lipinski definition) is 3. The van der Waals surface area contributed by atoms with Crippen LogP contribution in [0.3, 0.4) is 0 Å². The molecule has 0 spiro atoms. The van der Waals surface area contributed by atoms with Crippen molar-refractivity contribution in [3.63, 3.8) is 0 Å². The van der Waals surface area contributed by atoms with E-state index < -0.39 is 17.7 Å². The smallest absolute Gasteiger partial charge is 0.354 e. The first-order valence-electron chi connectivity index (χ1n) is 6.29. The van der Waals surface area contributed by atoms with E-state index in [4.69, 9.17) is 5.11 Å². The van der Waals surface area contributed by atoms with Crippen LogP contribution in [0.15, 0.2) is 42.6 Å². The van der Waals surface area contributed by atoms with Gasteiger partial charge in [0.25, 0.3) is 5.91 Å². The van der Waals surface area contributed by atoms with Crippen molar-refractivity contribution >= 4 is 17.6 Å². The number of carboxylic acid groups (broad SMARTS) is 1. The molecule has 0 atom stereocenters. The largest absolute Gasteiger partial charge is 0.477 e. The van der Waals surface area contributed by atoms with E-state index in [0.717, 1.165) is 0 Å². The van der Waals surface area contributed by atoms with Gasteiger partial charge in [0.05, 0.1) is 0 Å². The van der Waals surface area contributed by atoms with Gasteiger partial charge in [-0.2, -0.15) is 0 Å². The van der Waals surface area contributed by atoms with Crippen molar-refractivity contribution in [3.8, 4) is 0 Å². The fraction of sp³-hybridized carbons (Fsp3) is 0.133. The molecular weight excluding hydrogens is 275 g/mol. The van der Waals surface area contributed by atoms with E-state index >= 15 is 0 Å². The molecule has 1 aromatic heterocycles. The molecule has 1 N–H and O–H groups in total. The zero-order valence-electron chi connectivity index (χ0n) is 11.3. The number of carbonyl (C=O) groups is 2. The Bertz CT molecular complexity index is 688. The van der Waals surface area contributed by atoms with Crippen molar-refractivity contribution in [3.05, 3.63) is 59.7 Å². The number of rotatable bonds is 4. The van der Waals surface area contributed by atoms with Gasteiger partial charge in [0.2, 0.25) is 0 Å². The van der Waals surface area contributed by atoms with Gasteiger partial charge in [0.1, 0.15) is 11.5 Å². The third-order valence-electron chi connectivity index (χ3n) is 2.91. The van der Waals surface area contributed by atoms with Gasteiger partial charge in [0.15, 0.2) is 0 Å². The number of anilines is 1. The first-order chi connectivity index (χ1) is 10.0. The quantitative estimate of drug-likeness (QED) is 0.938. The van der Waals surface area contributed by atoms with E-state index in [1.165, 1.54) is 41.4 Å². The summed E-state index contributed by atoms with van der Waals surface area (Å²) in [6, 6.07) is 8.29. The third kappa shape index (κ3) is 3.22. The Morgan fingerprint density at radius 3 is 2.67 bits per heavy atom. The molecule has 2 rings (SSSR count). The van der Waals surface area contributed by atoms with Gasteiger partial charge in [-0.25, -0.2) is 14.2 Å². The number of amides is 1. The van der Waals surface area contributed by atoms with Crippen molar-refractivity contribution in [2.45, 2.75) is 6.92 Å². The van der Waals surface area contributed by atoms with E-state index in [0.29, 0.717) is 12.2 Å². The van der Waals surface area contributed by atoms with Gasteiger partial charge in [-0.15, -0.1) is 0 Å². The monoisotopic (exact) mass is 288 g/mol. The van der Waals surface area contributed by atoms with Gasteiger partial charge in [-0.1, -0.05) is 6.07 Å². The molecule has 0 aliphatic carbocycles. The number of nitrogens with zero attached hydrogens (tertiary/aromatic N) is 2. The molecule has 0 radical (unpaired) electrons. The molecule has 1 amide bonds. The predicted molar refractivity (Wildman–Crippen MR) is 74.9 cm³/mol. The Morgan fingerprint density at radius 2 is 2.05 bits per heavy atom. The number of carbonyl (C=O) groups excluding carboxylic acids is 1. The van der Waals surface area contributed by atoms with Crippen molar-refractivity contribution in [1.82, 2.24) is 4.98 Å². The van der Waals surface area contributed by atoms with Gasteiger partial charge in [0, 0.05) is 24.0 Å². The molecule has 0 fully saturated rings. The molecule has 0 saturated carbocycles. The van der Waals surface area contributed by atoms with Crippen LogP contribution < -0.4 is 4.90 Å². The van der Waals surface area contributed by atoms with Crippen molar-refractivity contribution < 1.29 is 19.1 Å². The Labute approximate surface area is 120 Å². The Morgan fingerprint density at radius 1 is 1.29 bits per heavy atom. The van der Waals surface area contributed by atoms with Crippen molar-refractivity contribution in [2.24, 2.45) is 0 Å². The molecule has 0 aliphatic rings. The maximum atomic E-state index is 13.3. The molecule has 0 bridgehead atoms. The van der Waals surface area contributed by atoms with E-state index in [1.807, 2.05) is 0 Å². The van der Waals surface area contributed by atoms with Crippen LogP contribution in [0.5, 0.6) is 0 Å². The number of hydrogen-bond donors (Lipinski definition) is 1. The minimum atomic E-state index is -1.21. The summed E-state index contributed by atoms with van der Waals surface area (Å²) in [7, 11) is 0. The molecule has 5 nitrogen and oxygen atoms in total. The van der Waals surface area contributed by atoms with Crippen LogP contribution in [0, 0.1) is 5.82 Å². The summed E-state index contributed by atoms with van der Waals surface area (Å²) in [6.07, 6.45) is 1.26. The first kappa shape index (κ1) is 14.6. The normalized spacial score (nSPS) is 10.2.